The summed E-state index contributed by atoms with van der Waals surface area (Å²) in [6.45, 7) is 6.40. The molecule has 2 aliphatic carbocycles. The standard InChI is InChI=1S/C33H37ClFN6O7P/c1-19(2)46-29(43)20(3)40-49(44,47-22-13-9-6-10-14-22)45-16-23-31(4)32(23,17-42)25-26(33(25,35)48-31)41-18-37-24-27(38-30(34)39-28(24)41)36-15-21-11-7-5-8-12-21/h5-14,18-20,23,25-26,42H,15-17H2,1-4H3,(H,40,44)(H,36,38,39)/t20-,23-,25?,26-,31?,32?,33?,49?/m0/s1. The second-order valence-electron chi connectivity index (χ2n) is 13.1. The van der Waals surface area contributed by atoms with Crippen LogP contribution in [0.5, 0.6) is 5.75 Å². The second-order valence-corrected chi connectivity index (χ2v) is 15.2. The first-order valence-electron chi connectivity index (χ1n) is 16.0. The van der Waals surface area contributed by atoms with E-state index in [4.69, 9.17) is 30.1 Å². The summed E-state index contributed by atoms with van der Waals surface area (Å²) in [5.41, 5.74) is -0.494. The van der Waals surface area contributed by atoms with E-state index in [0.29, 0.717) is 23.5 Å². The van der Waals surface area contributed by atoms with Crippen LogP contribution in [0.2, 0.25) is 5.28 Å². The number of ether oxygens (including phenoxy) is 2. The number of aliphatic hydroxyl groups is 1. The number of carbonyl (C=O) groups excluding carboxylic acids is 1. The van der Waals surface area contributed by atoms with Gasteiger partial charge in [0.25, 0.3) is 0 Å². The van der Waals surface area contributed by atoms with Gasteiger partial charge in [-0.2, -0.15) is 15.1 Å². The number of para-hydroxylation sites is 1. The molecule has 7 rings (SSSR count). The van der Waals surface area contributed by atoms with Crippen molar-refractivity contribution < 1.29 is 37.4 Å². The van der Waals surface area contributed by atoms with E-state index in [1.807, 2.05) is 30.3 Å². The van der Waals surface area contributed by atoms with Crippen molar-refractivity contribution in [2.75, 3.05) is 18.5 Å². The molecule has 8 atom stereocenters. The third kappa shape index (κ3) is 5.68. The monoisotopic (exact) mass is 714 g/mol. The Morgan fingerprint density at radius 3 is 2.51 bits per heavy atom. The fraction of sp³-hybridized carbons (Fsp3) is 0.455. The number of aliphatic hydroxyl groups excluding tert-OH is 1. The number of esters is 1. The molecule has 3 heterocycles. The van der Waals surface area contributed by atoms with Crippen molar-refractivity contribution in [1.82, 2.24) is 24.6 Å². The Hall–Kier alpha value is -3.65. The minimum absolute atomic E-state index is 0.0444. The molecule has 13 nitrogen and oxygen atoms in total. The average Bonchev–Trinajstić information content (AvgIpc) is 3.66. The zero-order valence-corrected chi connectivity index (χ0v) is 28.9. The van der Waals surface area contributed by atoms with Crippen molar-refractivity contribution in [3.05, 3.63) is 77.8 Å². The Balaban J connectivity index is 1.11. The molecule has 1 aliphatic heterocycles. The molecule has 0 amide bonds. The van der Waals surface area contributed by atoms with Gasteiger partial charge >= 0.3 is 13.7 Å². The van der Waals surface area contributed by atoms with Crippen LogP contribution in [-0.4, -0.2) is 67.4 Å². The third-order valence-corrected chi connectivity index (χ3v) is 11.6. The minimum Gasteiger partial charge on any atom is -0.462 e. The van der Waals surface area contributed by atoms with Gasteiger partial charge in [-0.1, -0.05) is 48.5 Å². The van der Waals surface area contributed by atoms with Crippen LogP contribution in [0.4, 0.5) is 10.2 Å². The van der Waals surface area contributed by atoms with E-state index in [0.717, 1.165) is 5.56 Å². The fourth-order valence-electron chi connectivity index (χ4n) is 7.41. The lowest BCUT2D eigenvalue weighted by atomic mass is 9.95. The lowest BCUT2D eigenvalue weighted by Crippen LogP contribution is -2.36. The summed E-state index contributed by atoms with van der Waals surface area (Å²) in [4.78, 5) is 25.7. The molecule has 3 N–H and O–H groups in total. The summed E-state index contributed by atoms with van der Waals surface area (Å²) >= 11 is 6.32. The maximum Gasteiger partial charge on any atom is 0.459 e. The van der Waals surface area contributed by atoms with Gasteiger partial charge in [0.15, 0.2) is 17.0 Å². The first-order valence-corrected chi connectivity index (χ1v) is 17.9. The van der Waals surface area contributed by atoms with Crippen LogP contribution < -0.4 is 14.9 Å². The average molecular weight is 715 g/mol. The van der Waals surface area contributed by atoms with Gasteiger partial charge in [-0.15, -0.1) is 0 Å². The van der Waals surface area contributed by atoms with Crippen LogP contribution in [0.1, 0.15) is 39.3 Å². The maximum atomic E-state index is 16.6. The van der Waals surface area contributed by atoms with Gasteiger partial charge in [0, 0.05) is 17.9 Å². The summed E-state index contributed by atoms with van der Waals surface area (Å²) in [6.07, 6.45) is 1.08. The molecule has 260 valence electrons. The number of halogens is 2. The van der Waals surface area contributed by atoms with Gasteiger partial charge in [0.1, 0.15) is 17.8 Å². The number of imidazole rings is 1. The summed E-state index contributed by atoms with van der Waals surface area (Å²) in [5.74, 6) is -3.52. The Labute approximate surface area is 287 Å². The molecule has 0 spiro atoms. The van der Waals surface area contributed by atoms with Crippen LogP contribution >= 0.6 is 19.3 Å². The van der Waals surface area contributed by atoms with Gasteiger partial charge in [0.2, 0.25) is 11.1 Å². The Morgan fingerprint density at radius 2 is 1.84 bits per heavy atom. The van der Waals surface area contributed by atoms with Crippen LogP contribution in [0, 0.1) is 17.3 Å². The van der Waals surface area contributed by atoms with E-state index in [-0.39, 0.29) is 23.7 Å². The van der Waals surface area contributed by atoms with Gasteiger partial charge in [-0.3, -0.25) is 9.32 Å². The molecule has 0 radical (unpaired) electrons. The highest BCUT2D eigenvalue weighted by Gasteiger charge is 2.97. The highest BCUT2D eigenvalue weighted by atomic mass is 35.5. The molecule has 16 heteroatoms. The lowest BCUT2D eigenvalue weighted by Gasteiger charge is -2.24. The molecule has 3 fully saturated rings. The van der Waals surface area contributed by atoms with Crippen LogP contribution in [0.25, 0.3) is 11.2 Å². The number of anilines is 1. The van der Waals surface area contributed by atoms with E-state index in [2.05, 4.69) is 25.4 Å². The summed E-state index contributed by atoms with van der Waals surface area (Å²) in [5, 5.41) is 16.7. The van der Waals surface area contributed by atoms with E-state index in [9.17, 15) is 14.5 Å². The molecule has 4 aromatic rings. The van der Waals surface area contributed by atoms with Gasteiger partial charge in [-0.05, 0) is 57.0 Å². The third-order valence-electron chi connectivity index (χ3n) is 9.78. The molecule has 2 aromatic heterocycles. The zero-order valence-electron chi connectivity index (χ0n) is 27.2. The first kappa shape index (κ1) is 33.8. The van der Waals surface area contributed by atoms with Crippen molar-refractivity contribution >= 4 is 42.3 Å². The molecule has 2 aromatic carbocycles. The van der Waals surface area contributed by atoms with Crippen molar-refractivity contribution in [1.29, 1.82) is 0 Å². The van der Waals surface area contributed by atoms with Crippen molar-refractivity contribution in [3.8, 4) is 5.75 Å². The van der Waals surface area contributed by atoms with E-state index >= 15 is 4.39 Å². The number of fused-ring (bicyclic) bond motifs is 4. The van der Waals surface area contributed by atoms with E-state index in [1.165, 1.54) is 13.3 Å². The molecular formula is C33H37ClFN6O7P. The Morgan fingerprint density at radius 1 is 1.14 bits per heavy atom. The summed E-state index contributed by atoms with van der Waals surface area (Å²) in [6, 6.07) is 16.1. The normalized spacial score (nSPS) is 29.9. The maximum absolute atomic E-state index is 16.6. The lowest BCUT2D eigenvalue weighted by molar-refractivity contribution is -0.149. The number of nitrogens with one attached hydrogen (secondary N) is 2. The van der Waals surface area contributed by atoms with Gasteiger partial charge in [0.05, 0.1) is 37.2 Å². The predicted octanol–water partition coefficient (Wildman–Crippen LogP) is 5.46. The van der Waals surface area contributed by atoms with Crippen LogP contribution in [-0.2, 0) is 29.9 Å². The quantitative estimate of drug-likeness (QED) is 0.0862. The molecule has 3 aliphatic rings. The number of hydrogen-bond donors (Lipinski definition) is 3. The highest BCUT2D eigenvalue weighted by molar-refractivity contribution is 7.52. The zero-order chi connectivity index (χ0) is 34.8. The summed E-state index contributed by atoms with van der Waals surface area (Å²) in [7, 11) is -4.21. The Kier molecular flexibility index (Phi) is 8.48. The number of alkyl halides is 1. The largest absolute Gasteiger partial charge is 0.462 e. The number of nitrogens with zero attached hydrogens (tertiary/aromatic N) is 4. The SMILES string of the molecule is CC(C)OC(=O)[C@H](C)NP(=O)(OC[C@H]1C2(C)OC3(F)C([C@@H]3n3cnc4c(NCc5ccccc5)nc(Cl)nc43)C12CO)Oc1ccccc1. The van der Waals surface area contributed by atoms with Crippen molar-refractivity contribution in [2.45, 2.75) is 63.9 Å². The topological polar surface area (TPSA) is 159 Å². The number of hydrogen-bond acceptors (Lipinski definition) is 11. The number of benzene rings is 2. The predicted molar refractivity (Wildman–Crippen MR) is 177 cm³/mol. The molecule has 1 saturated heterocycles. The second kappa shape index (κ2) is 12.3. The summed E-state index contributed by atoms with van der Waals surface area (Å²) < 4.78 is 55.4. The molecule has 2 saturated carbocycles. The van der Waals surface area contributed by atoms with Crippen LogP contribution in [0.15, 0.2) is 67.0 Å². The van der Waals surface area contributed by atoms with Crippen molar-refractivity contribution in [3.63, 3.8) is 0 Å². The molecule has 49 heavy (non-hydrogen) atoms. The van der Waals surface area contributed by atoms with E-state index in [1.54, 1.807) is 55.7 Å². The molecule has 0 bridgehead atoms. The fourth-order valence-corrected chi connectivity index (χ4v) is 9.08. The van der Waals surface area contributed by atoms with Gasteiger partial charge < -0.3 is 29.0 Å². The number of carbonyl (C=O) groups is 1. The van der Waals surface area contributed by atoms with Crippen molar-refractivity contribution in [2.24, 2.45) is 17.3 Å². The molecular weight excluding hydrogens is 678 g/mol. The Bertz CT molecular complexity index is 1920. The number of aromatic nitrogens is 4. The first-order chi connectivity index (χ1) is 23.3. The van der Waals surface area contributed by atoms with E-state index < -0.39 is 61.1 Å². The molecule has 5 unspecified atom stereocenters. The minimum atomic E-state index is -4.21. The number of rotatable bonds is 14. The highest BCUT2D eigenvalue weighted by Crippen LogP contribution is 2.87. The smallest absolute Gasteiger partial charge is 0.459 e. The van der Waals surface area contributed by atoms with Gasteiger partial charge in [-0.25, -0.2) is 13.9 Å². The van der Waals surface area contributed by atoms with Crippen LogP contribution in [0.3, 0.4) is 0 Å².